The first-order chi connectivity index (χ1) is 9.58. The van der Waals surface area contributed by atoms with Crippen molar-refractivity contribution in [2.75, 3.05) is 0 Å². The fourth-order valence-corrected chi connectivity index (χ4v) is 3.20. The van der Waals surface area contributed by atoms with Crippen LogP contribution >= 0.6 is 0 Å². The Hall–Kier alpha value is -1.65. The molecule has 1 aromatic carbocycles. The van der Waals surface area contributed by atoms with E-state index in [1.807, 2.05) is 30.3 Å². The summed E-state index contributed by atoms with van der Waals surface area (Å²) in [6.07, 6.45) is 3.88. The van der Waals surface area contributed by atoms with E-state index in [9.17, 15) is 15.0 Å². The minimum Gasteiger partial charge on any atom is -0.389 e. The van der Waals surface area contributed by atoms with E-state index in [1.165, 1.54) is 0 Å². The van der Waals surface area contributed by atoms with E-state index in [0.29, 0.717) is 25.8 Å². The van der Waals surface area contributed by atoms with Crippen LogP contribution in [0.15, 0.2) is 42.5 Å². The smallest absolute Gasteiger partial charge is 0.223 e. The van der Waals surface area contributed by atoms with Crippen LogP contribution < -0.4 is 0 Å². The second kappa shape index (κ2) is 5.04. The number of benzene rings is 1. The van der Waals surface area contributed by atoms with Gasteiger partial charge in [0.2, 0.25) is 5.91 Å². The van der Waals surface area contributed by atoms with Crippen LogP contribution in [0, 0.1) is 0 Å². The van der Waals surface area contributed by atoms with E-state index in [2.05, 4.69) is 0 Å². The summed E-state index contributed by atoms with van der Waals surface area (Å²) in [6.45, 7) is 0.493. The van der Waals surface area contributed by atoms with Crippen LogP contribution in [0.2, 0.25) is 0 Å². The minimum absolute atomic E-state index is 0.0598. The van der Waals surface area contributed by atoms with Gasteiger partial charge in [0.05, 0.1) is 17.7 Å². The first-order valence-corrected chi connectivity index (χ1v) is 7.01. The van der Waals surface area contributed by atoms with E-state index in [1.54, 1.807) is 17.1 Å². The second-order valence-electron chi connectivity index (χ2n) is 5.71. The average molecular weight is 273 g/mol. The van der Waals surface area contributed by atoms with Gasteiger partial charge in [0.25, 0.3) is 0 Å². The highest BCUT2D eigenvalue weighted by molar-refractivity contribution is 5.78. The van der Waals surface area contributed by atoms with Gasteiger partial charge in [-0.3, -0.25) is 4.79 Å². The number of carbonyl (C=O) groups is 1. The highest BCUT2D eigenvalue weighted by Crippen LogP contribution is 2.37. The zero-order valence-corrected chi connectivity index (χ0v) is 11.3. The number of nitrogens with zero attached hydrogens (tertiary/aromatic N) is 1. The first kappa shape index (κ1) is 13.3. The van der Waals surface area contributed by atoms with Crippen molar-refractivity contribution in [3.8, 4) is 0 Å². The number of hydrogen-bond donors (Lipinski definition) is 2. The summed E-state index contributed by atoms with van der Waals surface area (Å²) < 4.78 is 0. The Morgan fingerprint density at radius 3 is 2.75 bits per heavy atom. The lowest BCUT2D eigenvalue weighted by Crippen LogP contribution is -2.60. The summed E-state index contributed by atoms with van der Waals surface area (Å²) in [4.78, 5) is 13.9. The van der Waals surface area contributed by atoms with Gasteiger partial charge in [-0.25, -0.2) is 0 Å². The fraction of sp³-hybridized carbons (Fsp3) is 0.438. The van der Waals surface area contributed by atoms with E-state index in [0.717, 1.165) is 5.56 Å². The number of fused-ring (bicyclic) bond motifs is 1. The predicted octanol–water partition coefficient (Wildman–Crippen LogP) is 1.23. The van der Waals surface area contributed by atoms with Crippen molar-refractivity contribution in [2.45, 2.75) is 43.6 Å². The van der Waals surface area contributed by atoms with Crippen LogP contribution in [-0.2, 0) is 11.3 Å². The second-order valence-corrected chi connectivity index (χ2v) is 5.71. The zero-order chi connectivity index (χ0) is 14.2. The van der Waals surface area contributed by atoms with Gasteiger partial charge >= 0.3 is 0 Å². The summed E-state index contributed by atoms with van der Waals surface area (Å²) in [7, 11) is 0. The quantitative estimate of drug-likeness (QED) is 0.797. The lowest BCUT2D eigenvalue weighted by molar-refractivity contribution is -0.153. The molecule has 0 saturated carbocycles. The molecule has 0 radical (unpaired) electrons. The Labute approximate surface area is 118 Å². The highest BCUT2D eigenvalue weighted by Gasteiger charge is 2.47. The van der Waals surface area contributed by atoms with Crippen LogP contribution in [0.25, 0.3) is 0 Å². The molecular formula is C16H19NO3. The molecule has 3 rings (SSSR count). The maximum Gasteiger partial charge on any atom is 0.223 e. The molecule has 3 atom stereocenters. The van der Waals surface area contributed by atoms with E-state index >= 15 is 0 Å². The van der Waals surface area contributed by atoms with E-state index in [4.69, 9.17) is 0 Å². The Morgan fingerprint density at radius 2 is 2.00 bits per heavy atom. The van der Waals surface area contributed by atoms with Crippen LogP contribution in [0.5, 0.6) is 0 Å². The van der Waals surface area contributed by atoms with Gasteiger partial charge in [0, 0.05) is 19.4 Å². The molecule has 0 unspecified atom stereocenters. The van der Waals surface area contributed by atoms with Gasteiger partial charge in [-0.15, -0.1) is 0 Å². The Morgan fingerprint density at radius 1 is 1.25 bits per heavy atom. The predicted molar refractivity (Wildman–Crippen MR) is 74.7 cm³/mol. The highest BCUT2D eigenvalue weighted by atomic mass is 16.3. The summed E-state index contributed by atoms with van der Waals surface area (Å²) in [6, 6.07) is 9.43. The number of aliphatic hydroxyl groups is 2. The molecule has 1 fully saturated rings. The molecule has 1 saturated heterocycles. The lowest BCUT2D eigenvalue weighted by atomic mass is 9.76. The SMILES string of the molecule is O=C1CC[C@]2(O)C[C@@H](O)C=C[C@@H]2N1Cc1ccccc1. The third-order valence-electron chi connectivity index (χ3n) is 4.25. The molecule has 0 bridgehead atoms. The van der Waals surface area contributed by atoms with Crippen LogP contribution in [-0.4, -0.2) is 38.8 Å². The van der Waals surface area contributed by atoms with Crippen LogP contribution in [0.3, 0.4) is 0 Å². The molecule has 1 aromatic rings. The summed E-state index contributed by atoms with van der Waals surface area (Å²) in [5.74, 6) is 0.0598. The minimum atomic E-state index is -1.00. The Bertz CT molecular complexity index is 528. The molecule has 0 spiro atoms. The third kappa shape index (κ3) is 2.37. The number of hydrogen-bond acceptors (Lipinski definition) is 3. The van der Waals surface area contributed by atoms with Crippen molar-refractivity contribution in [1.29, 1.82) is 0 Å². The summed E-state index contributed by atoms with van der Waals surface area (Å²) in [5, 5.41) is 20.4. The molecule has 1 aliphatic heterocycles. The molecular weight excluding hydrogens is 254 g/mol. The van der Waals surface area contributed by atoms with Gasteiger partial charge in [-0.2, -0.15) is 0 Å². The van der Waals surface area contributed by atoms with Gasteiger partial charge in [-0.1, -0.05) is 42.5 Å². The Kier molecular flexibility index (Phi) is 3.36. The molecule has 4 heteroatoms. The number of piperidine rings is 1. The molecule has 2 aliphatic rings. The molecule has 1 heterocycles. The lowest BCUT2D eigenvalue weighted by Gasteiger charge is -2.48. The largest absolute Gasteiger partial charge is 0.389 e. The Balaban J connectivity index is 1.88. The number of likely N-dealkylation sites (tertiary alicyclic amines) is 1. The number of aliphatic hydroxyl groups excluding tert-OH is 1. The molecule has 106 valence electrons. The monoisotopic (exact) mass is 273 g/mol. The maximum atomic E-state index is 12.2. The molecule has 1 amide bonds. The van der Waals surface area contributed by atoms with Crippen molar-refractivity contribution in [3.05, 3.63) is 48.0 Å². The van der Waals surface area contributed by atoms with Gasteiger partial charge < -0.3 is 15.1 Å². The van der Waals surface area contributed by atoms with Gasteiger partial charge in [0.1, 0.15) is 0 Å². The van der Waals surface area contributed by atoms with Gasteiger partial charge in [0.15, 0.2) is 0 Å². The van der Waals surface area contributed by atoms with Crippen molar-refractivity contribution < 1.29 is 15.0 Å². The fourth-order valence-electron chi connectivity index (χ4n) is 3.20. The zero-order valence-electron chi connectivity index (χ0n) is 11.3. The number of carbonyl (C=O) groups excluding carboxylic acids is 1. The molecule has 20 heavy (non-hydrogen) atoms. The maximum absolute atomic E-state index is 12.2. The van der Waals surface area contributed by atoms with Crippen molar-refractivity contribution >= 4 is 5.91 Å². The van der Waals surface area contributed by atoms with Gasteiger partial charge in [-0.05, 0) is 12.0 Å². The number of amides is 1. The van der Waals surface area contributed by atoms with Crippen LogP contribution in [0.4, 0.5) is 0 Å². The van der Waals surface area contributed by atoms with Crippen LogP contribution in [0.1, 0.15) is 24.8 Å². The van der Waals surface area contributed by atoms with E-state index in [-0.39, 0.29) is 11.9 Å². The molecule has 1 aliphatic carbocycles. The summed E-state index contributed by atoms with van der Waals surface area (Å²) in [5.41, 5.74) is 0.0428. The topological polar surface area (TPSA) is 60.8 Å². The molecule has 2 N–H and O–H groups in total. The van der Waals surface area contributed by atoms with Crippen molar-refractivity contribution in [1.82, 2.24) is 4.90 Å². The van der Waals surface area contributed by atoms with E-state index < -0.39 is 11.7 Å². The third-order valence-corrected chi connectivity index (χ3v) is 4.25. The number of rotatable bonds is 2. The average Bonchev–Trinajstić information content (AvgIpc) is 2.43. The first-order valence-electron chi connectivity index (χ1n) is 7.01. The normalized spacial score (nSPS) is 33.1. The molecule has 0 aromatic heterocycles. The molecule has 4 nitrogen and oxygen atoms in total. The standard InChI is InChI=1S/C16H19NO3/c18-13-6-7-14-16(20,10-13)9-8-15(19)17(14)11-12-4-2-1-3-5-12/h1-7,13-14,18,20H,8-11H2/t13-,14-,16-/m0/s1. The van der Waals surface area contributed by atoms with Crippen molar-refractivity contribution in [3.63, 3.8) is 0 Å². The van der Waals surface area contributed by atoms with Crippen molar-refractivity contribution in [2.24, 2.45) is 0 Å². The summed E-state index contributed by atoms with van der Waals surface area (Å²) >= 11 is 0.